The fourth-order valence-electron chi connectivity index (χ4n) is 3.13. The Morgan fingerprint density at radius 2 is 2.00 bits per heavy atom. The minimum absolute atomic E-state index is 0.508. The van der Waals surface area contributed by atoms with Crippen LogP contribution < -0.4 is 5.32 Å². The second kappa shape index (κ2) is 6.93. The van der Waals surface area contributed by atoms with Gasteiger partial charge in [-0.3, -0.25) is 4.68 Å². The van der Waals surface area contributed by atoms with Crippen LogP contribution in [-0.4, -0.2) is 16.3 Å². The van der Waals surface area contributed by atoms with Crippen molar-refractivity contribution >= 4 is 0 Å². The first kappa shape index (κ1) is 13.6. The highest BCUT2D eigenvalue weighted by Crippen LogP contribution is 2.33. The summed E-state index contributed by atoms with van der Waals surface area (Å²) in [7, 11) is 0. The van der Waals surface area contributed by atoms with E-state index in [0.717, 1.165) is 19.0 Å². The molecule has 0 radical (unpaired) electrons. The fraction of sp³-hybridized carbons (Fsp3) is 0.800. The van der Waals surface area contributed by atoms with Crippen molar-refractivity contribution in [1.29, 1.82) is 0 Å². The zero-order valence-corrected chi connectivity index (χ0v) is 11.9. The predicted molar refractivity (Wildman–Crippen MR) is 75.5 cm³/mol. The number of rotatable bonds is 5. The molecule has 1 aliphatic rings. The number of nitrogens with one attached hydrogen (secondary N) is 1. The average molecular weight is 249 g/mol. The van der Waals surface area contributed by atoms with Crippen LogP contribution in [0.2, 0.25) is 0 Å². The Balaban J connectivity index is 2.10. The first-order chi connectivity index (χ1) is 8.85. The van der Waals surface area contributed by atoms with Crippen LogP contribution in [0.15, 0.2) is 12.4 Å². The molecular weight excluding hydrogens is 222 g/mol. The lowest BCUT2D eigenvalue weighted by Gasteiger charge is -2.26. The summed E-state index contributed by atoms with van der Waals surface area (Å²) in [5.41, 5.74) is 1.38. The normalized spacial score (nSPS) is 19.7. The van der Waals surface area contributed by atoms with E-state index in [1.807, 2.05) is 4.68 Å². The van der Waals surface area contributed by atoms with Crippen molar-refractivity contribution in [3.63, 3.8) is 0 Å². The summed E-state index contributed by atoms with van der Waals surface area (Å²) in [6.45, 7) is 6.35. The van der Waals surface area contributed by atoms with Crippen LogP contribution in [0.1, 0.15) is 64.0 Å². The van der Waals surface area contributed by atoms with Gasteiger partial charge in [0, 0.05) is 24.3 Å². The highest BCUT2D eigenvalue weighted by molar-refractivity contribution is 5.12. The molecule has 1 aliphatic carbocycles. The van der Waals surface area contributed by atoms with E-state index in [4.69, 9.17) is 0 Å². The third-order valence-electron chi connectivity index (χ3n) is 4.13. The molecule has 102 valence electrons. The molecule has 0 bridgehead atoms. The monoisotopic (exact) mass is 249 g/mol. The lowest BCUT2D eigenvalue weighted by molar-refractivity contribution is 0.330. The van der Waals surface area contributed by atoms with E-state index in [2.05, 4.69) is 36.7 Å². The Bertz CT molecular complexity index is 337. The topological polar surface area (TPSA) is 29.9 Å². The van der Waals surface area contributed by atoms with Crippen molar-refractivity contribution in [3.8, 4) is 0 Å². The third kappa shape index (κ3) is 3.35. The van der Waals surface area contributed by atoms with Crippen molar-refractivity contribution in [2.24, 2.45) is 5.92 Å². The second-order valence-corrected chi connectivity index (χ2v) is 5.42. The third-order valence-corrected chi connectivity index (χ3v) is 4.13. The molecule has 0 aromatic carbocycles. The van der Waals surface area contributed by atoms with Crippen molar-refractivity contribution in [1.82, 2.24) is 15.1 Å². The molecule has 3 heteroatoms. The molecule has 1 aromatic rings. The van der Waals surface area contributed by atoms with E-state index in [1.54, 1.807) is 0 Å². The van der Waals surface area contributed by atoms with Crippen molar-refractivity contribution in [2.75, 3.05) is 6.54 Å². The van der Waals surface area contributed by atoms with Gasteiger partial charge in [0.15, 0.2) is 0 Å². The molecule has 1 fully saturated rings. The van der Waals surface area contributed by atoms with Crippen molar-refractivity contribution in [3.05, 3.63) is 18.0 Å². The fourth-order valence-corrected chi connectivity index (χ4v) is 3.13. The van der Waals surface area contributed by atoms with Crippen molar-refractivity contribution < 1.29 is 0 Å². The molecule has 0 saturated heterocycles. The molecule has 1 aromatic heterocycles. The molecule has 3 nitrogen and oxygen atoms in total. The second-order valence-electron chi connectivity index (χ2n) is 5.42. The van der Waals surface area contributed by atoms with Crippen LogP contribution >= 0.6 is 0 Å². The van der Waals surface area contributed by atoms with E-state index < -0.39 is 0 Å². The maximum Gasteiger partial charge on any atom is 0.0537 e. The Morgan fingerprint density at radius 1 is 1.28 bits per heavy atom. The summed E-state index contributed by atoms with van der Waals surface area (Å²) in [5.74, 6) is 0.793. The quantitative estimate of drug-likeness (QED) is 0.809. The van der Waals surface area contributed by atoms with E-state index in [9.17, 15) is 0 Å². The molecule has 0 amide bonds. The highest BCUT2D eigenvalue weighted by atomic mass is 15.3. The van der Waals surface area contributed by atoms with Gasteiger partial charge in [-0.25, -0.2) is 0 Å². The molecule has 1 unspecified atom stereocenters. The largest absolute Gasteiger partial charge is 0.310 e. The Hall–Kier alpha value is -0.830. The minimum Gasteiger partial charge on any atom is -0.310 e. The van der Waals surface area contributed by atoms with Crippen LogP contribution in [0, 0.1) is 5.92 Å². The molecule has 1 N–H and O–H groups in total. The number of aromatic nitrogens is 2. The van der Waals surface area contributed by atoms with Crippen LogP contribution in [0.5, 0.6) is 0 Å². The number of aryl methyl sites for hydroxylation is 1. The van der Waals surface area contributed by atoms with Gasteiger partial charge in [0.1, 0.15) is 0 Å². The van der Waals surface area contributed by atoms with Gasteiger partial charge in [0.25, 0.3) is 0 Å². The summed E-state index contributed by atoms with van der Waals surface area (Å²) in [5, 5.41) is 8.11. The zero-order chi connectivity index (χ0) is 12.8. The first-order valence-corrected chi connectivity index (χ1v) is 7.60. The molecule has 2 rings (SSSR count). The van der Waals surface area contributed by atoms with Crippen molar-refractivity contribution in [2.45, 2.75) is 65.0 Å². The molecule has 1 heterocycles. The molecular formula is C15H27N3. The molecule has 0 aliphatic heterocycles. The highest BCUT2D eigenvalue weighted by Gasteiger charge is 2.24. The summed E-state index contributed by atoms with van der Waals surface area (Å²) >= 11 is 0. The molecule has 0 spiro atoms. The number of hydrogen-bond acceptors (Lipinski definition) is 2. The summed E-state index contributed by atoms with van der Waals surface area (Å²) < 4.78 is 2.04. The number of hydrogen-bond donors (Lipinski definition) is 1. The van der Waals surface area contributed by atoms with E-state index in [1.165, 1.54) is 44.1 Å². The summed E-state index contributed by atoms with van der Waals surface area (Å²) in [6, 6.07) is 0.508. The van der Waals surface area contributed by atoms with Crippen LogP contribution in [0.4, 0.5) is 0 Å². The van der Waals surface area contributed by atoms with Gasteiger partial charge in [-0.2, -0.15) is 5.10 Å². The Kier molecular flexibility index (Phi) is 5.24. The van der Waals surface area contributed by atoms with Gasteiger partial charge in [-0.1, -0.05) is 32.6 Å². The average Bonchev–Trinajstić information content (AvgIpc) is 2.70. The van der Waals surface area contributed by atoms with Gasteiger partial charge in [0.05, 0.1) is 6.20 Å². The first-order valence-electron chi connectivity index (χ1n) is 7.60. The maximum absolute atomic E-state index is 4.43. The zero-order valence-electron chi connectivity index (χ0n) is 11.9. The SMILES string of the molecule is CCNC(c1cnn(CC)c1)C1CCCCCC1. The van der Waals surface area contributed by atoms with Gasteiger partial charge >= 0.3 is 0 Å². The maximum atomic E-state index is 4.43. The van der Waals surface area contributed by atoms with E-state index in [-0.39, 0.29) is 0 Å². The lowest BCUT2D eigenvalue weighted by atomic mass is 9.88. The lowest BCUT2D eigenvalue weighted by Crippen LogP contribution is -2.27. The smallest absolute Gasteiger partial charge is 0.0537 e. The van der Waals surface area contributed by atoms with Gasteiger partial charge in [-0.05, 0) is 32.2 Å². The van der Waals surface area contributed by atoms with Gasteiger partial charge in [-0.15, -0.1) is 0 Å². The number of nitrogens with zero attached hydrogens (tertiary/aromatic N) is 2. The molecule has 1 saturated carbocycles. The van der Waals surface area contributed by atoms with E-state index in [0.29, 0.717) is 6.04 Å². The molecule has 1 atom stereocenters. The minimum atomic E-state index is 0.508. The summed E-state index contributed by atoms with van der Waals surface area (Å²) in [6.07, 6.45) is 12.7. The van der Waals surface area contributed by atoms with Crippen LogP contribution in [-0.2, 0) is 6.54 Å². The standard InChI is InChI=1S/C15H27N3/c1-3-16-15(13-9-7-5-6-8-10-13)14-11-17-18(4-2)12-14/h11-13,15-16H,3-10H2,1-2H3. The van der Waals surface area contributed by atoms with Gasteiger partial charge < -0.3 is 5.32 Å². The van der Waals surface area contributed by atoms with E-state index >= 15 is 0 Å². The Morgan fingerprint density at radius 3 is 2.56 bits per heavy atom. The van der Waals surface area contributed by atoms with Crippen LogP contribution in [0.25, 0.3) is 0 Å². The van der Waals surface area contributed by atoms with Gasteiger partial charge in [0.2, 0.25) is 0 Å². The Labute approximate surface area is 111 Å². The summed E-state index contributed by atoms with van der Waals surface area (Å²) in [4.78, 5) is 0. The predicted octanol–water partition coefficient (Wildman–Crippen LogP) is 3.52. The van der Waals surface area contributed by atoms with Crippen LogP contribution in [0.3, 0.4) is 0 Å². The molecule has 18 heavy (non-hydrogen) atoms.